The van der Waals surface area contributed by atoms with Gasteiger partial charge in [-0.15, -0.1) is 0 Å². The zero-order chi connectivity index (χ0) is 15.7. The first kappa shape index (κ1) is 12.4. The molecule has 5 aromatic rings. The second-order valence-electron chi connectivity index (χ2n) is 6.54. The molecule has 0 atom stereocenters. The van der Waals surface area contributed by atoms with Crippen molar-refractivity contribution in [2.45, 2.75) is 6.42 Å². The smallest absolute Gasteiger partial charge is 0.144 e. The van der Waals surface area contributed by atoms with E-state index in [2.05, 4.69) is 66.7 Å². The molecule has 0 spiro atoms. The van der Waals surface area contributed by atoms with Crippen LogP contribution in [0.3, 0.4) is 0 Å². The zero-order valence-electron chi connectivity index (χ0n) is 13.0. The van der Waals surface area contributed by atoms with Crippen molar-refractivity contribution in [1.29, 1.82) is 0 Å². The lowest BCUT2D eigenvalue weighted by atomic mass is 9.94. The summed E-state index contributed by atoms with van der Waals surface area (Å²) >= 11 is 0. The third kappa shape index (κ3) is 1.40. The van der Waals surface area contributed by atoms with Crippen LogP contribution >= 0.6 is 0 Å². The number of para-hydroxylation sites is 1. The maximum Gasteiger partial charge on any atom is 0.144 e. The van der Waals surface area contributed by atoms with Crippen molar-refractivity contribution in [1.82, 2.24) is 0 Å². The molecule has 1 aromatic heterocycles. The molecule has 0 saturated heterocycles. The Kier molecular flexibility index (Phi) is 2.20. The van der Waals surface area contributed by atoms with Gasteiger partial charge in [0.05, 0.1) is 0 Å². The quantitative estimate of drug-likeness (QED) is 0.320. The Bertz CT molecular complexity index is 1270. The molecule has 1 aliphatic rings. The van der Waals surface area contributed by atoms with Crippen molar-refractivity contribution in [3.63, 3.8) is 0 Å². The molecule has 1 nitrogen and oxygen atoms in total. The molecule has 0 aliphatic heterocycles. The fourth-order valence-corrected chi connectivity index (χ4v) is 4.30. The van der Waals surface area contributed by atoms with Crippen LogP contribution in [-0.2, 0) is 6.42 Å². The van der Waals surface area contributed by atoms with Crippen LogP contribution in [0.2, 0.25) is 0 Å². The molecule has 0 unspecified atom stereocenters. The highest BCUT2D eigenvalue weighted by atomic mass is 16.3. The molecule has 4 aromatic carbocycles. The monoisotopic (exact) mass is 306 g/mol. The highest BCUT2D eigenvalue weighted by Crippen LogP contribution is 2.48. The van der Waals surface area contributed by atoms with Crippen LogP contribution < -0.4 is 0 Å². The van der Waals surface area contributed by atoms with Crippen LogP contribution in [-0.4, -0.2) is 0 Å². The first-order chi connectivity index (χ1) is 11.9. The van der Waals surface area contributed by atoms with Gasteiger partial charge < -0.3 is 4.42 Å². The highest BCUT2D eigenvalue weighted by Gasteiger charge is 2.26. The summed E-state index contributed by atoms with van der Waals surface area (Å²) in [7, 11) is 0. The van der Waals surface area contributed by atoms with E-state index in [9.17, 15) is 0 Å². The molecule has 1 heteroatoms. The summed E-state index contributed by atoms with van der Waals surface area (Å²) in [6.45, 7) is 0. The van der Waals surface area contributed by atoms with E-state index in [0.717, 1.165) is 17.6 Å². The summed E-state index contributed by atoms with van der Waals surface area (Å²) in [6.07, 6.45) is 0.985. The van der Waals surface area contributed by atoms with Gasteiger partial charge in [0.1, 0.15) is 11.2 Å². The molecule has 112 valence electrons. The third-order valence-electron chi connectivity index (χ3n) is 5.30. The van der Waals surface area contributed by atoms with E-state index in [1.807, 2.05) is 6.07 Å². The van der Waals surface area contributed by atoms with Crippen molar-refractivity contribution in [3.05, 3.63) is 83.9 Å². The van der Waals surface area contributed by atoms with E-state index in [4.69, 9.17) is 4.42 Å². The zero-order valence-corrected chi connectivity index (χ0v) is 13.0. The van der Waals surface area contributed by atoms with Crippen LogP contribution in [0.15, 0.2) is 77.2 Å². The molecule has 0 bridgehead atoms. The largest absolute Gasteiger partial charge is 0.455 e. The summed E-state index contributed by atoms with van der Waals surface area (Å²) in [4.78, 5) is 0. The van der Waals surface area contributed by atoms with Crippen molar-refractivity contribution in [3.8, 4) is 11.1 Å². The number of benzene rings is 4. The summed E-state index contributed by atoms with van der Waals surface area (Å²) < 4.78 is 6.36. The Morgan fingerprint density at radius 3 is 2.29 bits per heavy atom. The van der Waals surface area contributed by atoms with Gasteiger partial charge in [-0.25, -0.2) is 0 Å². The predicted molar refractivity (Wildman–Crippen MR) is 99.5 cm³/mol. The van der Waals surface area contributed by atoms with E-state index < -0.39 is 0 Å². The second-order valence-corrected chi connectivity index (χ2v) is 6.54. The van der Waals surface area contributed by atoms with Gasteiger partial charge in [0.15, 0.2) is 0 Å². The van der Waals surface area contributed by atoms with Gasteiger partial charge in [0, 0.05) is 16.3 Å². The van der Waals surface area contributed by atoms with Crippen molar-refractivity contribution in [2.24, 2.45) is 0 Å². The fourth-order valence-electron chi connectivity index (χ4n) is 4.30. The van der Waals surface area contributed by atoms with Gasteiger partial charge in [-0.1, -0.05) is 66.7 Å². The number of hydrogen-bond donors (Lipinski definition) is 0. The molecule has 1 aliphatic carbocycles. The van der Waals surface area contributed by atoms with Crippen molar-refractivity contribution in [2.75, 3.05) is 0 Å². The van der Waals surface area contributed by atoms with Gasteiger partial charge in [0.2, 0.25) is 0 Å². The number of fused-ring (bicyclic) bond motifs is 10. The van der Waals surface area contributed by atoms with Crippen molar-refractivity contribution >= 4 is 32.7 Å². The summed E-state index contributed by atoms with van der Waals surface area (Å²) in [5.74, 6) is 0. The predicted octanol–water partition coefficient (Wildman–Crippen LogP) is 6.31. The van der Waals surface area contributed by atoms with Crippen LogP contribution in [0, 0.1) is 0 Å². The van der Waals surface area contributed by atoms with Crippen LogP contribution in [0.4, 0.5) is 0 Å². The number of furan rings is 1. The van der Waals surface area contributed by atoms with Gasteiger partial charge in [-0.2, -0.15) is 0 Å². The number of hydrogen-bond acceptors (Lipinski definition) is 1. The van der Waals surface area contributed by atoms with Crippen molar-refractivity contribution < 1.29 is 4.42 Å². The summed E-state index contributed by atoms with van der Waals surface area (Å²) in [6, 6.07) is 25.8. The molecule has 0 fully saturated rings. The lowest BCUT2D eigenvalue weighted by Crippen LogP contribution is -1.85. The first-order valence-corrected chi connectivity index (χ1v) is 8.35. The maximum atomic E-state index is 6.36. The molecule has 0 saturated carbocycles. The second kappa shape index (κ2) is 4.27. The van der Waals surface area contributed by atoms with Crippen LogP contribution in [0.5, 0.6) is 0 Å². The molecular weight excluding hydrogens is 292 g/mol. The van der Waals surface area contributed by atoms with Gasteiger partial charge in [-0.05, 0) is 39.9 Å². The standard InChI is InChI=1S/C23H14O/c1-2-8-15-14(7-1)13-19-16-9-3-4-10-17(16)22-18-11-5-6-12-20(18)24-23(22)21(15)19/h1-12H,13H2. The van der Waals surface area contributed by atoms with E-state index in [1.165, 1.54) is 43.8 Å². The minimum atomic E-state index is 0.968. The first-order valence-electron chi connectivity index (χ1n) is 8.35. The molecule has 0 N–H and O–H groups in total. The highest BCUT2D eigenvalue weighted by molar-refractivity contribution is 6.24. The average molecular weight is 306 g/mol. The summed E-state index contributed by atoms with van der Waals surface area (Å²) in [5.41, 5.74) is 7.41. The maximum absolute atomic E-state index is 6.36. The van der Waals surface area contributed by atoms with E-state index >= 15 is 0 Å². The molecule has 24 heavy (non-hydrogen) atoms. The molecule has 0 amide bonds. The Labute approximate surface area is 139 Å². The Balaban J connectivity index is 1.96. The SMILES string of the molecule is c1ccc2c(c1)Cc1c-2c2oc3ccccc3c2c2ccccc12. The van der Waals surface area contributed by atoms with Gasteiger partial charge in [-0.3, -0.25) is 0 Å². The minimum Gasteiger partial charge on any atom is -0.455 e. The third-order valence-corrected chi connectivity index (χ3v) is 5.30. The normalized spacial score (nSPS) is 12.8. The average Bonchev–Trinajstić information content (AvgIpc) is 3.20. The van der Waals surface area contributed by atoms with E-state index in [0.29, 0.717) is 0 Å². The van der Waals surface area contributed by atoms with Gasteiger partial charge in [0.25, 0.3) is 0 Å². The molecule has 6 rings (SSSR count). The molecule has 0 radical (unpaired) electrons. The topological polar surface area (TPSA) is 13.1 Å². The molecule has 1 heterocycles. The van der Waals surface area contributed by atoms with E-state index in [1.54, 1.807) is 0 Å². The lowest BCUT2D eigenvalue weighted by molar-refractivity contribution is 0.670. The van der Waals surface area contributed by atoms with Crippen LogP contribution in [0.25, 0.3) is 43.8 Å². The van der Waals surface area contributed by atoms with E-state index in [-0.39, 0.29) is 0 Å². The lowest BCUT2D eigenvalue weighted by Gasteiger charge is -2.08. The minimum absolute atomic E-state index is 0.968. The summed E-state index contributed by atoms with van der Waals surface area (Å²) in [5, 5.41) is 5.10. The fraction of sp³-hybridized carbons (Fsp3) is 0.0435. The Hall–Kier alpha value is -3.06. The van der Waals surface area contributed by atoms with Gasteiger partial charge >= 0.3 is 0 Å². The number of rotatable bonds is 0. The molecular formula is C23H14O. The Morgan fingerprint density at radius 1 is 0.667 bits per heavy atom. The van der Waals surface area contributed by atoms with Crippen LogP contribution in [0.1, 0.15) is 11.1 Å². The Morgan fingerprint density at radius 2 is 1.38 bits per heavy atom.